The van der Waals surface area contributed by atoms with E-state index in [2.05, 4.69) is 57.9 Å². The van der Waals surface area contributed by atoms with Crippen molar-refractivity contribution in [3.05, 3.63) is 71.8 Å². The van der Waals surface area contributed by atoms with Crippen molar-refractivity contribution in [3.8, 4) is 0 Å². The first-order chi connectivity index (χ1) is 11.2. The lowest BCUT2D eigenvalue weighted by molar-refractivity contribution is 1.39. The second-order valence-electron chi connectivity index (χ2n) is 5.40. The highest BCUT2D eigenvalue weighted by Gasteiger charge is 2.14. The molecule has 0 atom stereocenters. The highest BCUT2D eigenvalue weighted by molar-refractivity contribution is 9.10. The molecular weight excluding hydrogens is 350 g/mol. The molecule has 2 N–H and O–H groups in total. The summed E-state index contributed by atoms with van der Waals surface area (Å²) in [6, 6.07) is 20.1. The Morgan fingerprint density at radius 1 is 0.870 bits per heavy atom. The average molecular weight is 364 g/mol. The van der Waals surface area contributed by atoms with Crippen molar-refractivity contribution in [2.24, 2.45) is 0 Å². The molecule has 0 unspecified atom stereocenters. The van der Waals surface area contributed by atoms with Gasteiger partial charge >= 0.3 is 0 Å². The summed E-state index contributed by atoms with van der Waals surface area (Å²) in [5.41, 5.74) is 4.29. The predicted octanol–water partition coefficient (Wildman–Crippen LogP) is 5.49. The molecule has 4 heteroatoms. The van der Waals surface area contributed by atoms with E-state index in [9.17, 15) is 0 Å². The Kier molecular flexibility index (Phi) is 3.39. The quantitative estimate of drug-likeness (QED) is 0.281. The second-order valence-corrected chi connectivity index (χ2v) is 6.10. The molecule has 0 saturated carbocycles. The van der Waals surface area contributed by atoms with Gasteiger partial charge in [-0.1, -0.05) is 54.6 Å². The van der Waals surface area contributed by atoms with Gasteiger partial charge in [0.15, 0.2) is 0 Å². The van der Waals surface area contributed by atoms with E-state index in [0.717, 1.165) is 16.8 Å². The van der Waals surface area contributed by atoms with Crippen LogP contribution in [0.2, 0.25) is 0 Å². The molecule has 112 valence electrons. The third-order valence-electron chi connectivity index (χ3n) is 3.98. The minimum atomic E-state index is 0.267. The van der Waals surface area contributed by atoms with Gasteiger partial charge in [0.1, 0.15) is 0 Å². The summed E-state index contributed by atoms with van der Waals surface area (Å²) in [4.78, 5) is 0. The highest BCUT2D eigenvalue weighted by atomic mass is 79.9. The van der Waals surface area contributed by atoms with Crippen LogP contribution < -0.4 is 9.24 Å². The summed E-state index contributed by atoms with van der Waals surface area (Å²) in [6.07, 6.45) is 4.26. The summed E-state index contributed by atoms with van der Waals surface area (Å²) >= 11 is 3.45. The lowest BCUT2D eigenvalue weighted by Gasteiger charge is -2.19. The van der Waals surface area contributed by atoms with Crippen LogP contribution in [-0.2, 0) is 0 Å². The lowest BCUT2D eigenvalue weighted by Crippen LogP contribution is -2.27. The van der Waals surface area contributed by atoms with Gasteiger partial charge in [-0.05, 0) is 34.7 Å². The van der Waals surface area contributed by atoms with E-state index in [1.54, 1.807) is 3.93 Å². The Labute approximate surface area is 143 Å². The van der Waals surface area contributed by atoms with Crippen molar-refractivity contribution < 1.29 is 0 Å². The molecule has 4 rings (SSSR count). The van der Waals surface area contributed by atoms with Gasteiger partial charge in [-0.25, -0.2) is 3.93 Å². The minimum absolute atomic E-state index is 0.267. The maximum absolute atomic E-state index is 8.32. The van der Waals surface area contributed by atoms with E-state index in [0.29, 0.717) is 0 Å². The summed E-state index contributed by atoms with van der Waals surface area (Å²) < 4.78 is 1.65. The molecule has 0 spiro atoms. The van der Waals surface area contributed by atoms with Crippen molar-refractivity contribution in [1.82, 2.24) is 0 Å². The molecule has 0 bridgehead atoms. The maximum Gasteiger partial charge on any atom is 0.210 e. The van der Waals surface area contributed by atoms with Gasteiger partial charge in [0.25, 0.3) is 0 Å². The Morgan fingerprint density at radius 2 is 1.61 bits per heavy atom. The first kappa shape index (κ1) is 14.0. The van der Waals surface area contributed by atoms with Crippen LogP contribution in [0.15, 0.2) is 60.7 Å². The van der Waals surface area contributed by atoms with E-state index in [1.165, 1.54) is 16.5 Å². The van der Waals surface area contributed by atoms with Gasteiger partial charge in [-0.3, -0.25) is 5.41 Å². The van der Waals surface area contributed by atoms with Crippen LogP contribution in [0.1, 0.15) is 11.1 Å². The first-order valence-electron chi connectivity index (χ1n) is 7.34. The summed E-state index contributed by atoms with van der Waals surface area (Å²) in [6.45, 7) is 0. The third kappa shape index (κ3) is 2.41. The Bertz CT molecular complexity index is 920. The van der Waals surface area contributed by atoms with Gasteiger partial charge in [0.05, 0.1) is 21.8 Å². The van der Waals surface area contributed by atoms with Gasteiger partial charge in [-0.15, -0.1) is 0 Å². The van der Waals surface area contributed by atoms with Gasteiger partial charge < -0.3 is 5.32 Å². The van der Waals surface area contributed by atoms with Crippen molar-refractivity contribution in [2.75, 3.05) is 9.24 Å². The zero-order chi connectivity index (χ0) is 15.8. The van der Waals surface area contributed by atoms with Crippen molar-refractivity contribution in [1.29, 1.82) is 5.41 Å². The SMILES string of the molecule is N=C(Nc1ccc2c3c(cccc13)C=C2)N(Br)c1ccccc1. The number of nitrogens with zero attached hydrogens (tertiary/aromatic N) is 1. The predicted molar refractivity (Wildman–Crippen MR) is 102 cm³/mol. The molecule has 0 saturated heterocycles. The number of anilines is 2. The Hall–Kier alpha value is -2.59. The first-order valence-corrected chi connectivity index (χ1v) is 8.05. The standard InChI is InChI=1S/C19H14BrN3/c20-23(15-6-2-1-3-7-15)19(21)22-17-12-11-14-10-9-13-5-4-8-16(17)18(13)14/h1-12H,(H2,21,22). The molecule has 0 aromatic heterocycles. The number of guanidine groups is 1. The van der Waals surface area contributed by atoms with E-state index < -0.39 is 0 Å². The zero-order valence-electron chi connectivity index (χ0n) is 12.3. The molecule has 1 aliphatic rings. The number of halogens is 1. The molecule has 3 aromatic rings. The maximum atomic E-state index is 8.32. The van der Waals surface area contributed by atoms with Crippen molar-refractivity contribution >= 4 is 56.4 Å². The fourth-order valence-corrected chi connectivity index (χ4v) is 3.22. The largest absolute Gasteiger partial charge is 0.325 e. The Morgan fingerprint density at radius 3 is 2.39 bits per heavy atom. The molecule has 0 aliphatic heterocycles. The van der Waals surface area contributed by atoms with Crippen LogP contribution in [0, 0.1) is 5.41 Å². The van der Waals surface area contributed by atoms with E-state index in [-0.39, 0.29) is 5.96 Å². The van der Waals surface area contributed by atoms with E-state index in [1.807, 2.05) is 36.4 Å². The van der Waals surface area contributed by atoms with Gasteiger partial charge in [0, 0.05) is 11.1 Å². The molecule has 0 amide bonds. The molecule has 1 aliphatic carbocycles. The third-order valence-corrected chi connectivity index (χ3v) is 4.74. The normalized spacial score (nSPS) is 11.7. The Balaban J connectivity index is 1.68. The second kappa shape index (κ2) is 5.56. The topological polar surface area (TPSA) is 39.1 Å². The fourth-order valence-electron chi connectivity index (χ4n) is 2.89. The number of rotatable bonds is 2. The van der Waals surface area contributed by atoms with Gasteiger partial charge in [-0.2, -0.15) is 0 Å². The van der Waals surface area contributed by atoms with Crippen molar-refractivity contribution in [2.45, 2.75) is 0 Å². The van der Waals surface area contributed by atoms with Crippen LogP contribution in [-0.4, -0.2) is 5.96 Å². The number of nitrogens with one attached hydrogen (secondary N) is 2. The molecule has 0 radical (unpaired) electrons. The lowest BCUT2D eigenvalue weighted by atomic mass is 10.0. The average Bonchev–Trinajstić information content (AvgIpc) is 3.02. The molecule has 0 fully saturated rings. The van der Waals surface area contributed by atoms with Gasteiger partial charge in [0.2, 0.25) is 5.96 Å². The summed E-state index contributed by atoms with van der Waals surface area (Å²) in [5, 5.41) is 13.9. The summed E-state index contributed by atoms with van der Waals surface area (Å²) in [7, 11) is 0. The zero-order valence-corrected chi connectivity index (χ0v) is 13.8. The van der Waals surface area contributed by atoms with Crippen LogP contribution in [0.5, 0.6) is 0 Å². The molecule has 0 heterocycles. The fraction of sp³-hybridized carbons (Fsp3) is 0. The van der Waals surface area contributed by atoms with Crippen molar-refractivity contribution in [3.63, 3.8) is 0 Å². The van der Waals surface area contributed by atoms with E-state index in [4.69, 9.17) is 5.41 Å². The van der Waals surface area contributed by atoms with Crippen LogP contribution in [0.4, 0.5) is 11.4 Å². The number of para-hydroxylation sites is 1. The van der Waals surface area contributed by atoms with Crippen LogP contribution in [0.25, 0.3) is 22.9 Å². The number of benzene rings is 3. The molecule has 3 aromatic carbocycles. The minimum Gasteiger partial charge on any atom is -0.325 e. The van der Waals surface area contributed by atoms with E-state index >= 15 is 0 Å². The summed E-state index contributed by atoms with van der Waals surface area (Å²) in [5.74, 6) is 0.267. The number of hydrogen-bond donors (Lipinski definition) is 2. The molecule has 3 nitrogen and oxygen atoms in total. The molecular formula is C19H14BrN3. The monoisotopic (exact) mass is 363 g/mol. The van der Waals surface area contributed by atoms with Crippen LogP contribution in [0.3, 0.4) is 0 Å². The number of hydrogen-bond acceptors (Lipinski definition) is 1. The molecule has 23 heavy (non-hydrogen) atoms. The van der Waals surface area contributed by atoms with Crippen LogP contribution >= 0.6 is 16.1 Å². The smallest absolute Gasteiger partial charge is 0.210 e. The highest BCUT2D eigenvalue weighted by Crippen LogP contribution is 2.35.